The van der Waals surface area contributed by atoms with Crippen LogP contribution >= 0.6 is 0 Å². The molecule has 1 atom stereocenters. The molecule has 4 nitrogen and oxygen atoms in total. The largest absolute Gasteiger partial charge is 0.481 e. The average Bonchev–Trinajstić information content (AvgIpc) is 2.91. The molecule has 0 bridgehead atoms. The molecular weight excluding hydrogens is 278 g/mol. The van der Waals surface area contributed by atoms with E-state index in [4.69, 9.17) is 4.74 Å². The number of benzene rings is 1. The molecule has 1 N–H and O–H groups in total. The SMILES string of the molecule is CCN1CCC[C@H]1CNC(=O)COc1ccc(F)cc1F. The summed E-state index contributed by atoms with van der Waals surface area (Å²) in [6.45, 7) is 4.43. The van der Waals surface area contributed by atoms with Crippen molar-refractivity contribution in [1.29, 1.82) is 0 Å². The first-order valence-corrected chi connectivity index (χ1v) is 7.18. The number of carbonyl (C=O) groups excluding carboxylic acids is 1. The summed E-state index contributed by atoms with van der Waals surface area (Å²) >= 11 is 0. The normalized spacial score (nSPS) is 18.7. The molecule has 1 heterocycles. The molecule has 2 rings (SSSR count). The van der Waals surface area contributed by atoms with Crippen LogP contribution in [0, 0.1) is 11.6 Å². The van der Waals surface area contributed by atoms with Crippen molar-refractivity contribution in [1.82, 2.24) is 10.2 Å². The van der Waals surface area contributed by atoms with Crippen molar-refractivity contribution in [2.45, 2.75) is 25.8 Å². The van der Waals surface area contributed by atoms with E-state index in [-0.39, 0.29) is 18.3 Å². The fraction of sp³-hybridized carbons (Fsp3) is 0.533. The predicted molar refractivity (Wildman–Crippen MR) is 75.1 cm³/mol. The van der Waals surface area contributed by atoms with Gasteiger partial charge in [-0.1, -0.05) is 6.92 Å². The van der Waals surface area contributed by atoms with Gasteiger partial charge in [0.15, 0.2) is 18.2 Å². The van der Waals surface area contributed by atoms with Crippen molar-refractivity contribution in [3.63, 3.8) is 0 Å². The zero-order valence-electron chi connectivity index (χ0n) is 12.1. The molecule has 1 aliphatic rings. The summed E-state index contributed by atoms with van der Waals surface area (Å²) in [6.07, 6.45) is 2.22. The van der Waals surface area contributed by atoms with Gasteiger partial charge in [0.05, 0.1) is 0 Å². The third kappa shape index (κ3) is 4.39. The van der Waals surface area contributed by atoms with Gasteiger partial charge in [0.1, 0.15) is 5.82 Å². The van der Waals surface area contributed by atoms with Crippen LogP contribution in [-0.2, 0) is 4.79 Å². The highest BCUT2D eigenvalue weighted by molar-refractivity contribution is 5.77. The Morgan fingerprint density at radius 2 is 2.29 bits per heavy atom. The first-order valence-electron chi connectivity index (χ1n) is 7.18. The first kappa shape index (κ1) is 15.7. The van der Waals surface area contributed by atoms with E-state index in [9.17, 15) is 13.6 Å². The molecule has 0 spiro atoms. The lowest BCUT2D eigenvalue weighted by Crippen LogP contribution is -2.41. The molecule has 6 heteroatoms. The van der Waals surface area contributed by atoms with Crippen LogP contribution in [0.4, 0.5) is 8.78 Å². The van der Waals surface area contributed by atoms with Gasteiger partial charge in [-0.25, -0.2) is 8.78 Å². The first-order chi connectivity index (χ1) is 10.1. The van der Waals surface area contributed by atoms with Gasteiger partial charge in [-0.15, -0.1) is 0 Å². The van der Waals surface area contributed by atoms with Crippen molar-refractivity contribution < 1.29 is 18.3 Å². The number of hydrogen-bond donors (Lipinski definition) is 1. The number of likely N-dealkylation sites (N-methyl/N-ethyl adjacent to an activating group) is 1. The molecule has 0 saturated carbocycles. The van der Waals surface area contributed by atoms with Crippen molar-refractivity contribution in [2.75, 3.05) is 26.2 Å². The molecule has 1 amide bonds. The van der Waals surface area contributed by atoms with Crippen LogP contribution in [0.15, 0.2) is 18.2 Å². The number of likely N-dealkylation sites (tertiary alicyclic amines) is 1. The highest BCUT2D eigenvalue weighted by atomic mass is 19.1. The minimum atomic E-state index is -0.809. The Bertz CT molecular complexity index is 497. The number of hydrogen-bond acceptors (Lipinski definition) is 3. The van der Waals surface area contributed by atoms with E-state index in [1.54, 1.807) is 0 Å². The quantitative estimate of drug-likeness (QED) is 0.873. The maximum atomic E-state index is 13.3. The number of carbonyl (C=O) groups is 1. The highest BCUT2D eigenvalue weighted by Crippen LogP contribution is 2.17. The van der Waals surface area contributed by atoms with Gasteiger partial charge in [-0.2, -0.15) is 0 Å². The topological polar surface area (TPSA) is 41.6 Å². The van der Waals surface area contributed by atoms with Crippen molar-refractivity contribution in [3.8, 4) is 5.75 Å². The number of nitrogens with zero attached hydrogens (tertiary/aromatic N) is 1. The van der Waals surface area contributed by atoms with Crippen LogP contribution in [0.25, 0.3) is 0 Å². The molecule has 1 aromatic rings. The maximum Gasteiger partial charge on any atom is 0.257 e. The molecule has 0 unspecified atom stereocenters. The van der Waals surface area contributed by atoms with Gasteiger partial charge in [0, 0.05) is 18.7 Å². The zero-order valence-corrected chi connectivity index (χ0v) is 12.1. The molecule has 1 fully saturated rings. The summed E-state index contributed by atoms with van der Waals surface area (Å²) in [5.74, 6) is -1.91. The summed E-state index contributed by atoms with van der Waals surface area (Å²) in [4.78, 5) is 14.0. The van der Waals surface area contributed by atoms with Crippen LogP contribution in [0.3, 0.4) is 0 Å². The Morgan fingerprint density at radius 1 is 1.48 bits per heavy atom. The Kier molecular flexibility index (Phi) is 5.50. The number of amides is 1. The van der Waals surface area contributed by atoms with E-state index in [0.717, 1.165) is 38.1 Å². The molecule has 116 valence electrons. The third-order valence-electron chi connectivity index (χ3n) is 3.69. The van der Waals surface area contributed by atoms with Crippen molar-refractivity contribution >= 4 is 5.91 Å². The van der Waals surface area contributed by atoms with Gasteiger partial charge in [-0.3, -0.25) is 9.69 Å². The van der Waals surface area contributed by atoms with Crippen LogP contribution in [-0.4, -0.2) is 43.1 Å². The predicted octanol–water partition coefficient (Wildman–Crippen LogP) is 1.94. The summed E-state index contributed by atoms with van der Waals surface area (Å²) in [5.41, 5.74) is 0. The molecule has 21 heavy (non-hydrogen) atoms. The Hall–Kier alpha value is -1.69. The van der Waals surface area contributed by atoms with Crippen molar-refractivity contribution in [2.24, 2.45) is 0 Å². The minimum absolute atomic E-state index is 0.123. The van der Waals surface area contributed by atoms with E-state index in [1.165, 1.54) is 6.07 Å². The third-order valence-corrected chi connectivity index (χ3v) is 3.69. The van der Waals surface area contributed by atoms with Gasteiger partial charge in [0.25, 0.3) is 5.91 Å². The number of rotatable bonds is 6. The van der Waals surface area contributed by atoms with Gasteiger partial charge < -0.3 is 10.1 Å². The second-order valence-corrected chi connectivity index (χ2v) is 5.09. The second kappa shape index (κ2) is 7.36. The summed E-state index contributed by atoms with van der Waals surface area (Å²) < 4.78 is 31.1. The fourth-order valence-electron chi connectivity index (χ4n) is 2.56. The van der Waals surface area contributed by atoms with Crippen LogP contribution in [0.5, 0.6) is 5.75 Å². The molecule has 0 aliphatic carbocycles. The summed E-state index contributed by atoms with van der Waals surface area (Å²) in [5, 5.41) is 2.79. The van der Waals surface area contributed by atoms with Crippen molar-refractivity contribution in [3.05, 3.63) is 29.8 Å². The van der Waals surface area contributed by atoms with Gasteiger partial charge in [-0.05, 0) is 38.1 Å². The highest BCUT2D eigenvalue weighted by Gasteiger charge is 2.23. The summed E-state index contributed by atoms with van der Waals surface area (Å²) in [7, 11) is 0. The van der Waals surface area contributed by atoms with Crippen LogP contribution < -0.4 is 10.1 Å². The monoisotopic (exact) mass is 298 g/mol. The number of nitrogens with one attached hydrogen (secondary N) is 1. The minimum Gasteiger partial charge on any atom is -0.481 e. The smallest absolute Gasteiger partial charge is 0.257 e. The van der Waals surface area contributed by atoms with Gasteiger partial charge in [0.2, 0.25) is 0 Å². The zero-order chi connectivity index (χ0) is 15.2. The van der Waals surface area contributed by atoms with E-state index in [0.29, 0.717) is 12.6 Å². The molecule has 0 aromatic heterocycles. The number of halogens is 2. The lowest BCUT2D eigenvalue weighted by atomic mass is 10.2. The van der Waals surface area contributed by atoms with E-state index < -0.39 is 11.6 Å². The molecule has 1 aliphatic heterocycles. The Labute approximate surface area is 123 Å². The molecule has 0 radical (unpaired) electrons. The molecular formula is C15H20F2N2O2. The van der Waals surface area contributed by atoms with Crippen LogP contribution in [0.1, 0.15) is 19.8 Å². The summed E-state index contributed by atoms with van der Waals surface area (Å²) in [6, 6.07) is 3.36. The number of ether oxygens (including phenoxy) is 1. The maximum absolute atomic E-state index is 13.3. The van der Waals surface area contributed by atoms with E-state index in [1.807, 2.05) is 0 Å². The Balaban J connectivity index is 1.74. The van der Waals surface area contributed by atoms with Gasteiger partial charge >= 0.3 is 0 Å². The standard InChI is InChI=1S/C15H20F2N2O2/c1-2-19-7-3-4-12(19)9-18-15(20)10-21-14-6-5-11(16)8-13(14)17/h5-6,8,12H,2-4,7,9-10H2,1H3,(H,18,20)/t12-/m0/s1. The molecule has 1 aromatic carbocycles. The van der Waals surface area contributed by atoms with Crippen LogP contribution in [0.2, 0.25) is 0 Å². The lowest BCUT2D eigenvalue weighted by molar-refractivity contribution is -0.123. The Morgan fingerprint density at radius 3 is 3.00 bits per heavy atom. The lowest BCUT2D eigenvalue weighted by Gasteiger charge is -2.22. The fourth-order valence-corrected chi connectivity index (χ4v) is 2.56. The van der Waals surface area contributed by atoms with E-state index >= 15 is 0 Å². The average molecular weight is 298 g/mol. The second-order valence-electron chi connectivity index (χ2n) is 5.09. The van der Waals surface area contributed by atoms with E-state index in [2.05, 4.69) is 17.1 Å². The molecule has 1 saturated heterocycles.